The molecule has 1 aliphatic heterocycles. The van der Waals surface area contributed by atoms with E-state index in [1.165, 1.54) is 36.5 Å². The van der Waals surface area contributed by atoms with Crippen LogP contribution < -0.4 is 5.32 Å². The summed E-state index contributed by atoms with van der Waals surface area (Å²) >= 11 is 7.44. The fraction of sp³-hybridized carbons (Fsp3) is 0.348. The highest BCUT2D eigenvalue weighted by molar-refractivity contribution is 7.08. The summed E-state index contributed by atoms with van der Waals surface area (Å²) in [6.07, 6.45) is 0.149. The fourth-order valence-electron chi connectivity index (χ4n) is 3.65. The molecule has 9 heteroatoms. The van der Waals surface area contributed by atoms with Crippen LogP contribution in [0, 0.1) is 5.41 Å². The van der Waals surface area contributed by atoms with Gasteiger partial charge in [-0.2, -0.15) is 24.5 Å². The Hall–Kier alpha value is -2.29. The molecule has 1 atom stereocenters. The molecule has 0 amide bonds. The number of carbonyl (C=O) groups is 1. The molecule has 2 N–H and O–H groups in total. The van der Waals surface area contributed by atoms with Crippen molar-refractivity contribution in [2.24, 2.45) is 4.99 Å². The molecule has 0 saturated carbocycles. The van der Waals surface area contributed by atoms with Gasteiger partial charge in [-0.05, 0) is 68.0 Å². The SMILES string of the molecule is CC(=N)/N=C(\C(=C\C(=O)c1cccc(C(F)(F)F)c1Cl)CC1CCCCN1)c1ccsc1. The molecule has 1 fully saturated rings. The van der Waals surface area contributed by atoms with Crippen molar-refractivity contribution in [2.45, 2.75) is 44.8 Å². The lowest BCUT2D eigenvalue weighted by Gasteiger charge is -2.25. The van der Waals surface area contributed by atoms with Crippen molar-refractivity contribution in [2.75, 3.05) is 6.54 Å². The number of nitrogens with zero attached hydrogens (tertiary/aromatic N) is 1. The summed E-state index contributed by atoms with van der Waals surface area (Å²) in [6.45, 7) is 2.40. The van der Waals surface area contributed by atoms with Crippen LogP contribution in [0.5, 0.6) is 0 Å². The van der Waals surface area contributed by atoms with E-state index in [9.17, 15) is 18.0 Å². The number of thiophene rings is 1. The molecule has 0 spiro atoms. The second-order valence-electron chi connectivity index (χ2n) is 7.61. The van der Waals surface area contributed by atoms with Crippen LogP contribution in [0.1, 0.15) is 54.1 Å². The molecule has 0 radical (unpaired) electrons. The Morgan fingerprint density at radius 1 is 1.34 bits per heavy atom. The second-order valence-corrected chi connectivity index (χ2v) is 8.77. The molecule has 170 valence electrons. The highest BCUT2D eigenvalue weighted by atomic mass is 35.5. The number of carbonyl (C=O) groups excluding carboxylic acids is 1. The first-order chi connectivity index (χ1) is 15.2. The number of allylic oxidation sites excluding steroid dienone is 1. The van der Waals surface area contributed by atoms with Crippen LogP contribution >= 0.6 is 22.9 Å². The van der Waals surface area contributed by atoms with E-state index in [0.29, 0.717) is 17.7 Å². The Labute approximate surface area is 193 Å². The molecule has 3 rings (SSSR count). The van der Waals surface area contributed by atoms with Crippen LogP contribution in [0.3, 0.4) is 0 Å². The number of hydrogen-bond donors (Lipinski definition) is 2. The van der Waals surface area contributed by atoms with Gasteiger partial charge in [-0.1, -0.05) is 24.1 Å². The van der Waals surface area contributed by atoms with Gasteiger partial charge in [0.25, 0.3) is 0 Å². The Kier molecular flexibility index (Phi) is 8.03. The van der Waals surface area contributed by atoms with Crippen molar-refractivity contribution in [1.82, 2.24) is 5.32 Å². The Morgan fingerprint density at radius 3 is 2.72 bits per heavy atom. The van der Waals surface area contributed by atoms with Crippen molar-refractivity contribution in [1.29, 1.82) is 5.41 Å². The molecule has 4 nitrogen and oxygen atoms in total. The van der Waals surface area contributed by atoms with Gasteiger partial charge in [0, 0.05) is 22.5 Å². The number of benzene rings is 1. The lowest BCUT2D eigenvalue weighted by Crippen LogP contribution is -2.35. The van der Waals surface area contributed by atoms with Gasteiger partial charge in [0.15, 0.2) is 5.78 Å². The normalized spacial score (nSPS) is 18.0. The third-order valence-electron chi connectivity index (χ3n) is 5.13. The predicted octanol–water partition coefficient (Wildman–Crippen LogP) is 6.55. The summed E-state index contributed by atoms with van der Waals surface area (Å²) in [5.74, 6) is -0.560. The minimum atomic E-state index is -4.66. The van der Waals surface area contributed by atoms with E-state index >= 15 is 0 Å². The van der Waals surface area contributed by atoms with Crippen LogP contribution in [-0.4, -0.2) is 29.9 Å². The summed E-state index contributed by atoms with van der Waals surface area (Å²) in [6, 6.07) is 5.27. The summed E-state index contributed by atoms with van der Waals surface area (Å²) in [7, 11) is 0. The van der Waals surface area contributed by atoms with Gasteiger partial charge >= 0.3 is 6.18 Å². The standard InChI is InChI=1S/C23H23ClF3N3OS/c1-14(28)30-22(15-8-10-32-13-15)16(11-17-5-2-3-9-29-17)12-20(31)18-6-4-7-19(21(18)24)23(25,26)27/h4,6-8,10,12-13,17,28-29H,2-3,5,9,11H2,1H3/b16-12+,28-14?,30-22-. The van der Waals surface area contributed by atoms with Crippen LogP contribution in [0.2, 0.25) is 5.02 Å². The summed E-state index contributed by atoms with van der Waals surface area (Å²) in [5, 5.41) is 14.4. The van der Waals surface area contributed by atoms with Crippen molar-refractivity contribution in [3.05, 3.63) is 68.4 Å². The fourth-order valence-corrected chi connectivity index (χ4v) is 4.62. The van der Waals surface area contributed by atoms with Crippen molar-refractivity contribution in [3.8, 4) is 0 Å². The van der Waals surface area contributed by atoms with Crippen LogP contribution in [0.15, 0.2) is 51.7 Å². The Morgan fingerprint density at radius 2 is 2.12 bits per heavy atom. The molecule has 2 aromatic rings. The van der Waals surface area contributed by atoms with E-state index in [-0.39, 0.29) is 17.4 Å². The zero-order valence-electron chi connectivity index (χ0n) is 17.4. The number of amidine groups is 1. The predicted molar refractivity (Wildman–Crippen MR) is 123 cm³/mol. The number of piperidine rings is 1. The van der Waals surface area contributed by atoms with Crippen molar-refractivity contribution in [3.63, 3.8) is 0 Å². The third kappa shape index (κ3) is 6.15. The first-order valence-electron chi connectivity index (χ1n) is 10.2. The molecule has 1 saturated heterocycles. The first-order valence-corrected chi connectivity index (χ1v) is 11.5. The quantitative estimate of drug-likeness (QED) is 0.213. The smallest absolute Gasteiger partial charge is 0.314 e. The first kappa shape index (κ1) is 24.4. The average molecular weight is 482 g/mol. The van der Waals surface area contributed by atoms with Crippen molar-refractivity contribution < 1.29 is 18.0 Å². The van der Waals surface area contributed by atoms with Gasteiger partial charge in [0.2, 0.25) is 0 Å². The maximum absolute atomic E-state index is 13.3. The molecule has 32 heavy (non-hydrogen) atoms. The number of alkyl halides is 3. The zero-order valence-corrected chi connectivity index (χ0v) is 19.0. The van der Waals surface area contributed by atoms with Gasteiger partial charge < -0.3 is 5.32 Å². The van der Waals surface area contributed by atoms with E-state index in [4.69, 9.17) is 17.0 Å². The largest absolute Gasteiger partial charge is 0.417 e. The monoisotopic (exact) mass is 481 g/mol. The lowest BCUT2D eigenvalue weighted by atomic mass is 9.91. The van der Waals surface area contributed by atoms with Crippen molar-refractivity contribution >= 4 is 40.3 Å². The summed E-state index contributed by atoms with van der Waals surface area (Å²) < 4.78 is 39.8. The molecule has 2 heterocycles. The Balaban J connectivity index is 2.06. The van der Waals surface area contributed by atoms with Gasteiger partial charge in [-0.25, -0.2) is 4.99 Å². The average Bonchev–Trinajstić information content (AvgIpc) is 3.26. The lowest BCUT2D eigenvalue weighted by molar-refractivity contribution is -0.137. The van der Waals surface area contributed by atoms with E-state index in [2.05, 4.69) is 10.3 Å². The maximum Gasteiger partial charge on any atom is 0.417 e. The topological polar surface area (TPSA) is 65.3 Å². The van der Waals surface area contributed by atoms with Crippen LogP contribution in [0.4, 0.5) is 13.2 Å². The molecule has 0 bridgehead atoms. The minimum absolute atomic E-state index is 0.0678. The number of nitrogens with one attached hydrogen (secondary N) is 2. The molecule has 1 aliphatic rings. The molecular formula is C23H23ClF3N3OS. The van der Waals surface area contributed by atoms with E-state index < -0.39 is 22.5 Å². The number of aliphatic imine (C=N–C) groups is 1. The summed E-state index contributed by atoms with van der Waals surface area (Å²) in [5.41, 5.74) is 0.532. The second kappa shape index (κ2) is 10.6. The van der Waals surface area contributed by atoms with E-state index in [0.717, 1.165) is 37.4 Å². The number of halogens is 4. The van der Waals surface area contributed by atoms with E-state index in [1.54, 1.807) is 0 Å². The molecule has 1 aromatic carbocycles. The maximum atomic E-state index is 13.3. The highest BCUT2D eigenvalue weighted by Crippen LogP contribution is 2.36. The number of ketones is 1. The number of hydrogen-bond acceptors (Lipinski definition) is 4. The number of rotatable bonds is 6. The van der Waals surface area contributed by atoms with E-state index in [1.807, 2.05) is 16.8 Å². The van der Waals surface area contributed by atoms with Gasteiger partial charge in [0.05, 0.1) is 16.3 Å². The molecule has 1 unspecified atom stereocenters. The van der Waals surface area contributed by atoms with Gasteiger partial charge in [-0.3, -0.25) is 10.2 Å². The third-order valence-corrected chi connectivity index (χ3v) is 6.22. The van der Waals surface area contributed by atoms with Crippen LogP contribution in [0.25, 0.3) is 0 Å². The zero-order chi connectivity index (χ0) is 23.3. The van der Waals surface area contributed by atoms with Gasteiger partial charge in [0.1, 0.15) is 5.84 Å². The molecule has 1 aromatic heterocycles. The van der Waals surface area contributed by atoms with Gasteiger partial charge in [-0.15, -0.1) is 0 Å². The Bertz CT molecular complexity index is 1040. The minimum Gasteiger partial charge on any atom is -0.314 e. The highest BCUT2D eigenvalue weighted by Gasteiger charge is 2.34. The summed E-state index contributed by atoms with van der Waals surface area (Å²) in [4.78, 5) is 17.5. The molecule has 0 aliphatic carbocycles. The molecular weight excluding hydrogens is 459 g/mol. The van der Waals surface area contributed by atoms with Crippen LogP contribution in [-0.2, 0) is 6.18 Å².